The van der Waals surface area contributed by atoms with Gasteiger partial charge in [-0.15, -0.1) is 0 Å². The molecular formula is C13H24O7Si2. The van der Waals surface area contributed by atoms with Gasteiger partial charge in [0, 0.05) is 32.1 Å². The minimum absolute atomic E-state index is 0.282. The van der Waals surface area contributed by atoms with E-state index in [0.29, 0.717) is 23.6 Å². The largest absolute Gasteiger partial charge is 0.736 e. The van der Waals surface area contributed by atoms with E-state index < -0.39 is 23.9 Å². The van der Waals surface area contributed by atoms with Crippen LogP contribution in [0.25, 0.3) is 0 Å². The average molecular weight is 349 g/mol. The number of unbranched alkanes of at least 4 members (excludes halogenated alkanes) is 1. The fourth-order valence-electron chi connectivity index (χ4n) is 1.34. The lowest BCUT2D eigenvalue weighted by Gasteiger charge is -2.22. The Labute approximate surface area is 134 Å². The Balaban J connectivity index is 4.28. The number of allylic oxidation sites excluding steroid dienone is 2. The molecule has 7 nitrogen and oxygen atoms in total. The van der Waals surface area contributed by atoms with Crippen molar-refractivity contribution in [3.63, 3.8) is 0 Å². The van der Waals surface area contributed by atoms with Crippen molar-refractivity contribution >= 4 is 23.9 Å². The highest BCUT2D eigenvalue weighted by molar-refractivity contribution is 6.64. The van der Waals surface area contributed by atoms with Gasteiger partial charge in [0.05, 0.1) is 6.61 Å². The monoisotopic (exact) mass is 348 g/mol. The van der Waals surface area contributed by atoms with Crippen molar-refractivity contribution in [2.45, 2.75) is 26.7 Å². The second-order valence-electron chi connectivity index (χ2n) is 4.45. The van der Waals surface area contributed by atoms with E-state index in [2.05, 4.69) is 6.58 Å². The lowest BCUT2D eigenvalue weighted by molar-refractivity contribution is -0.139. The fraction of sp³-hybridized carbons (Fsp3) is 0.615. The topological polar surface area (TPSA) is 80.3 Å². The van der Waals surface area contributed by atoms with E-state index in [1.165, 1.54) is 21.3 Å². The van der Waals surface area contributed by atoms with Gasteiger partial charge in [0.15, 0.2) is 0 Å². The number of carbonyl (C=O) groups excluding carboxylic acids is 1. The number of esters is 1. The maximum atomic E-state index is 12.1. The first-order valence-corrected chi connectivity index (χ1v) is 9.65. The van der Waals surface area contributed by atoms with Crippen LogP contribution in [0.3, 0.4) is 0 Å². The minimum Gasteiger partial charge on any atom is -0.515 e. The molecule has 0 saturated heterocycles. The Morgan fingerprint density at radius 2 is 1.73 bits per heavy atom. The van der Waals surface area contributed by atoms with Gasteiger partial charge in [-0.2, -0.15) is 0 Å². The highest BCUT2D eigenvalue weighted by Gasteiger charge is 2.46. The quantitative estimate of drug-likeness (QED) is 0.243. The molecule has 0 aliphatic rings. The Bertz CT molecular complexity index is 422. The molecule has 0 aromatic heterocycles. The molecule has 0 unspecified atom stereocenters. The van der Waals surface area contributed by atoms with Gasteiger partial charge in [0.25, 0.3) is 0 Å². The molecule has 0 aromatic rings. The first-order chi connectivity index (χ1) is 10.3. The molecule has 0 aliphatic heterocycles. The molecule has 9 heteroatoms. The van der Waals surface area contributed by atoms with Gasteiger partial charge in [-0.25, -0.2) is 4.79 Å². The van der Waals surface area contributed by atoms with Gasteiger partial charge in [-0.1, -0.05) is 12.7 Å². The predicted octanol–water partition coefficient (Wildman–Crippen LogP) is 1.68. The number of ether oxygens (including phenoxy) is 1. The SMILES string of the molecule is C=C(C)C(=O)OCCCC=C(C)[Si](=O)O[Si](OC)(OC)OC. The van der Waals surface area contributed by atoms with Gasteiger partial charge < -0.3 is 26.6 Å². The van der Waals surface area contributed by atoms with Crippen LogP contribution < -0.4 is 0 Å². The molecule has 0 bridgehead atoms. The zero-order valence-corrected chi connectivity index (χ0v) is 15.8. The maximum absolute atomic E-state index is 12.1. The Hall–Kier alpha value is -1.14. The van der Waals surface area contributed by atoms with E-state index >= 15 is 0 Å². The van der Waals surface area contributed by atoms with E-state index in [9.17, 15) is 9.26 Å². The molecular weight excluding hydrogens is 324 g/mol. The molecule has 0 aliphatic carbocycles. The minimum atomic E-state index is -3.31. The summed E-state index contributed by atoms with van der Waals surface area (Å²) in [5, 5.41) is 0.583. The molecule has 0 saturated carbocycles. The number of hydrogen-bond donors (Lipinski definition) is 0. The molecule has 126 valence electrons. The third-order valence-corrected chi connectivity index (χ3v) is 6.76. The summed E-state index contributed by atoms with van der Waals surface area (Å²) in [5.74, 6) is -0.409. The first-order valence-electron chi connectivity index (χ1n) is 6.70. The van der Waals surface area contributed by atoms with E-state index in [1.54, 1.807) is 19.9 Å². The van der Waals surface area contributed by atoms with Crippen molar-refractivity contribution in [3.05, 3.63) is 23.4 Å². The summed E-state index contributed by atoms with van der Waals surface area (Å²) in [4.78, 5) is 11.2. The second kappa shape index (κ2) is 10.6. The van der Waals surface area contributed by atoms with Crippen LogP contribution in [0.2, 0.25) is 0 Å². The van der Waals surface area contributed by atoms with Crippen LogP contribution >= 0.6 is 0 Å². The van der Waals surface area contributed by atoms with Crippen molar-refractivity contribution in [2.75, 3.05) is 27.9 Å². The van der Waals surface area contributed by atoms with Gasteiger partial charge in [0.1, 0.15) is 0 Å². The third kappa shape index (κ3) is 7.23. The van der Waals surface area contributed by atoms with Crippen molar-refractivity contribution < 1.29 is 31.4 Å². The standard InChI is InChI=1S/C13H24O7Si2/c1-11(2)13(14)19-10-8-7-9-12(3)21(15)20-22(16-4,17-5)18-6/h9H,1,7-8,10H2,2-6H3. The van der Waals surface area contributed by atoms with Crippen molar-refractivity contribution in [1.82, 2.24) is 0 Å². The number of hydrogen-bond acceptors (Lipinski definition) is 7. The molecule has 0 atom stereocenters. The summed E-state index contributed by atoms with van der Waals surface area (Å²) in [6.07, 6.45) is 3.00. The zero-order chi connectivity index (χ0) is 17.2. The van der Waals surface area contributed by atoms with Gasteiger partial charge in [-0.3, -0.25) is 0 Å². The van der Waals surface area contributed by atoms with Gasteiger partial charge >= 0.3 is 23.9 Å². The van der Waals surface area contributed by atoms with E-state index in [1.807, 2.05) is 0 Å². The van der Waals surface area contributed by atoms with Crippen molar-refractivity contribution in [3.8, 4) is 0 Å². The van der Waals surface area contributed by atoms with Crippen LogP contribution in [0.1, 0.15) is 26.7 Å². The highest BCUT2D eigenvalue weighted by Crippen LogP contribution is 2.11. The Kier molecular flexibility index (Phi) is 10.0. The molecule has 0 radical (unpaired) electrons. The molecule has 0 spiro atoms. The van der Waals surface area contributed by atoms with Crippen molar-refractivity contribution in [1.29, 1.82) is 0 Å². The smallest absolute Gasteiger partial charge is 0.515 e. The Morgan fingerprint density at radius 3 is 2.18 bits per heavy atom. The van der Waals surface area contributed by atoms with Crippen LogP contribution in [0, 0.1) is 0 Å². The number of carbonyl (C=O) groups is 1. The van der Waals surface area contributed by atoms with Crippen LogP contribution in [0.15, 0.2) is 23.4 Å². The van der Waals surface area contributed by atoms with Crippen molar-refractivity contribution in [2.24, 2.45) is 0 Å². The molecule has 0 fully saturated rings. The average Bonchev–Trinajstić information content (AvgIpc) is 2.51. The van der Waals surface area contributed by atoms with E-state index in [-0.39, 0.29) is 6.61 Å². The maximum Gasteiger partial charge on any atom is 0.736 e. The molecule has 0 heterocycles. The fourth-order valence-corrected chi connectivity index (χ4v) is 4.71. The van der Waals surface area contributed by atoms with Crippen LogP contribution in [-0.4, -0.2) is 51.9 Å². The molecule has 22 heavy (non-hydrogen) atoms. The molecule has 0 N–H and O–H groups in total. The predicted molar refractivity (Wildman–Crippen MR) is 83.1 cm³/mol. The second-order valence-corrected chi connectivity index (χ2v) is 8.85. The van der Waals surface area contributed by atoms with Gasteiger partial charge in [0.2, 0.25) is 0 Å². The third-order valence-electron chi connectivity index (χ3n) is 2.67. The van der Waals surface area contributed by atoms with E-state index in [4.69, 9.17) is 22.1 Å². The van der Waals surface area contributed by atoms with Gasteiger partial charge in [-0.05, 0) is 26.7 Å². The highest BCUT2D eigenvalue weighted by atomic mass is 28.4. The van der Waals surface area contributed by atoms with Crippen LogP contribution in [-0.2, 0) is 31.4 Å². The summed E-state index contributed by atoms with van der Waals surface area (Å²) < 4.78 is 37.5. The molecule has 0 aromatic carbocycles. The molecule has 0 amide bonds. The lowest BCUT2D eigenvalue weighted by Crippen LogP contribution is -2.48. The Morgan fingerprint density at radius 1 is 1.18 bits per heavy atom. The molecule has 0 rings (SSSR count). The summed E-state index contributed by atoms with van der Waals surface area (Å²) in [6, 6.07) is 0. The summed E-state index contributed by atoms with van der Waals surface area (Å²) in [7, 11) is -1.68. The zero-order valence-electron chi connectivity index (χ0n) is 13.8. The summed E-state index contributed by atoms with van der Waals surface area (Å²) in [5.41, 5.74) is 0.366. The normalized spacial score (nSPS) is 12.0. The first kappa shape index (κ1) is 20.9. The summed E-state index contributed by atoms with van der Waals surface area (Å²) >= 11 is 0. The summed E-state index contributed by atoms with van der Waals surface area (Å²) in [6.45, 7) is 7.06. The van der Waals surface area contributed by atoms with Crippen LogP contribution in [0.5, 0.6) is 0 Å². The van der Waals surface area contributed by atoms with E-state index in [0.717, 1.165) is 0 Å². The van der Waals surface area contributed by atoms with Crippen LogP contribution in [0.4, 0.5) is 0 Å². The lowest BCUT2D eigenvalue weighted by atomic mass is 10.3. The number of rotatable bonds is 11.